The van der Waals surface area contributed by atoms with E-state index in [1.165, 1.54) is 29.2 Å². The molecule has 4 amide bonds. The van der Waals surface area contributed by atoms with Gasteiger partial charge < -0.3 is 19.7 Å². The summed E-state index contributed by atoms with van der Waals surface area (Å²) in [5, 5.41) is 2.77. The van der Waals surface area contributed by atoms with Crippen LogP contribution in [0, 0.1) is 5.82 Å². The van der Waals surface area contributed by atoms with Crippen molar-refractivity contribution in [2.45, 2.75) is 25.9 Å². The van der Waals surface area contributed by atoms with Gasteiger partial charge in [-0.25, -0.2) is 14.1 Å². The Kier molecular flexibility index (Phi) is 7.48. The molecular weight excluding hydrogens is 465 g/mol. The van der Waals surface area contributed by atoms with Gasteiger partial charge >= 0.3 is 6.03 Å². The molecular formula is C27H26FN3O5. The van der Waals surface area contributed by atoms with Crippen LogP contribution in [0.25, 0.3) is 0 Å². The summed E-state index contributed by atoms with van der Waals surface area (Å²) in [5.41, 5.74) is 1.53. The third-order valence-corrected chi connectivity index (χ3v) is 5.74. The zero-order valence-electron chi connectivity index (χ0n) is 19.9. The first-order chi connectivity index (χ1) is 17.4. The van der Waals surface area contributed by atoms with Gasteiger partial charge in [-0.3, -0.25) is 9.59 Å². The molecule has 3 aromatic carbocycles. The maximum absolute atomic E-state index is 13.4. The van der Waals surface area contributed by atoms with E-state index in [4.69, 9.17) is 9.47 Å². The molecule has 0 aliphatic carbocycles. The second kappa shape index (κ2) is 10.9. The minimum Gasteiger partial charge on any atom is -0.497 e. The number of carbonyl (C=O) groups is 3. The summed E-state index contributed by atoms with van der Waals surface area (Å²) < 4.78 is 24.0. The Morgan fingerprint density at radius 1 is 0.944 bits per heavy atom. The van der Waals surface area contributed by atoms with Crippen LogP contribution in [0.3, 0.4) is 0 Å². The van der Waals surface area contributed by atoms with Crippen LogP contribution in [0.5, 0.6) is 11.5 Å². The number of hydrogen-bond acceptors (Lipinski definition) is 5. The SMILES string of the molecule is CCOc1ccc(NC(=O)C[C@@H]2C(=O)N(c3ccc(F)cc3)C(=O)N2Cc2ccc(OC)cc2)cc1. The maximum atomic E-state index is 13.4. The minimum atomic E-state index is -1.03. The molecule has 3 aromatic rings. The normalized spacial score (nSPS) is 15.2. The highest BCUT2D eigenvalue weighted by molar-refractivity contribution is 6.22. The standard InChI is InChI=1S/C27H26FN3O5/c1-3-36-23-14-8-20(9-15-23)29-25(32)16-24-26(33)31(21-10-6-19(28)7-11-21)27(34)30(24)17-18-4-12-22(35-2)13-5-18/h4-15,24H,3,16-17H2,1-2H3,(H,29,32)/t24-/m1/s1. The molecule has 1 N–H and O–H groups in total. The van der Waals surface area contributed by atoms with Crippen LogP contribution in [-0.2, 0) is 16.1 Å². The predicted octanol–water partition coefficient (Wildman–Crippen LogP) is 4.60. The Morgan fingerprint density at radius 2 is 1.58 bits per heavy atom. The number of amides is 4. The van der Waals surface area contributed by atoms with Crippen molar-refractivity contribution in [1.82, 2.24) is 4.90 Å². The topological polar surface area (TPSA) is 88.2 Å². The van der Waals surface area contributed by atoms with Gasteiger partial charge in [0, 0.05) is 12.2 Å². The summed E-state index contributed by atoms with van der Waals surface area (Å²) in [6.45, 7) is 2.51. The number of methoxy groups -OCH3 is 1. The number of rotatable bonds is 9. The predicted molar refractivity (Wildman–Crippen MR) is 132 cm³/mol. The summed E-state index contributed by atoms with van der Waals surface area (Å²) >= 11 is 0. The number of nitrogens with zero attached hydrogens (tertiary/aromatic N) is 2. The van der Waals surface area contributed by atoms with E-state index >= 15 is 0 Å². The molecule has 0 unspecified atom stereocenters. The van der Waals surface area contributed by atoms with Crippen LogP contribution < -0.4 is 19.7 Å². The summed E-state index contributed by atoms with van der Waals surface area (Å²) in [4.78, 5) is 41.9. The quantitative estimate of drug-likeness (QED) is 0.442. The summed E-state index contributed by atoms with van der Waals surface area (Å²) in [5.74, 6) is -0.137. The van der Waals surface area contributed by atoms with Gasteiger partial charge in [-0.1, -0.05) is 12.1 Å². The van der Waals surface area contributed by atoms with Crippen LogP contribution in [0.4, 0.5) is 20.6 Å². The number of hydrogen-bond donors (Lipinski definition) is 1. The maximum Gasteiger partial charge on any atom is 0.332 e. The van der Waals surface area contributed by atoms with Crippen LogP contribution in [0.2, 0.25) is 0 Å². The molecule has 9 heteroatoms. The Bertz CT molecular complexity index is 1230. The zero-order valence-corrected chi connectivity index (χ0v) is 19.9. The molecule has 1 aliphatic rings. The lowest BCUT2D eigenvalue weighted by Gasteiger charge is -2.22. The lowest BCUT2D eigenvalue weighted by atomic mass is 10.1. The first-order valence-corrected chi connectivity index (χ1v) is 11.5. The summed E-state index contributed by atoms with van der Waals surface area (Å²) in [6, 6.07) is 17.4. The smallest absolute Gasteiger partial charge is 0.332 e. The van der Waals surface area contributed by atoms with Gasteiger partial charge in [-0.15, -0.1) is 0 Å². The number of urea groups is 1. The van der Waals surface area contributed by atoms with Crippen molar-refractivity contribution in [3.63, 3.8) is 0 Å². The van der Waals surface area contributed by atoms with E-state index in [1.54, 1.807) is 55.6 Å². The highest BCUT2D eigenvalue weighted by Crippen LogP contribution is 2.29. The number of halogens is 1. The van der Waals surface area contributed by atoms with E-state index in [0.29, 0.717) is 23.8 Å². The minimum absolute atomic E-state index is 0.104. The lowest BCUT2D eigenvalue weighted by Crippen LogP contribution is -2.37. The first-order valence-electron chi connectivity index (χ1n) is 11.5. The van der Waals surface area contributed by atoms with E-state index in [1.807, 2.05) is 6.92 Å². The molecule has 1 atom stereocenters. The molecule has 186 valence electrons. The molecule has 8 nitrogen and oxygen atoms in total. The summed E-state index contributed by atoms with van der Waals surface area (Å²) in [6.07, 6.45) is -0.244. The van der Waals surface area contributed by atoms with Crippen molar-refractivity contribution in [3.8, 4) is 11.5 Å². The van der Waals surface area contributed by atoms with Crippen LogP contribution >= 0.6 is 0 Å². The Balaban J connectivity index is 1.56. The number of imide groups is 1. The van der Waals surface area contributed by atoms with Crippen molar-refractivity contribution in [2.75, 3.05) is 23.9 Å². The van der Waals surface area contributed by atoms with E-state index in [0.717, 1.165) is 10.5 Å². The van der Waals surface area contributed by atoms with Gasteiger partial charge in [0.05, 0.1) is 25.8 Å². The largest absolute Gasteiger partial charge is 0.497 e. The van der Waals surface area contributed by atoms with Crippen molar-refractivity contribution in [1.29, 1.82) is 0 Å². The summed E-state index contributed by atoms with van der Waals surface area (Å²) in [7, 11) is 1.55. The fraction of sp³-hybridized carbons (Fsp3) is 0.222. The molecule has 1 saturated heterocycles. The molecule has 1 fully saturated rings. The molecule has 1 heterocycles. The molecule has 1 aliphatic heterocycles. The molecule has 0 saturated carbocycles. The third-order valence-electron chi connectivity index (χ3n) is 5.74. The van der Waals surface area contributed by atoms with E-state index in [-0.39, 0.29) is 18.7 Å². The lowest BCUT2D eigenvalue weighted by molar-refractivity contribution is -0.124. The monoisotopic (exact) mass is 491 g/mol. The number of ether oxygens (including phenoxy) is 2. The van der Waals surface area contributed by atoms with E-state index in [2.05, 4.69) is 5.32 Å². The average molecular weight is 492 g/mol. The molecule has 4 rings (SSSR count). The van der Waals surface area contributed by atoms with Gasteiger partial charge in [0.15, 0.2) is 0 Å². The zero-order chi connectivity index (χ0) is 25.7. The fourth-order valence-corrected chi connectivity index (χ4v) is 3.96. The first kappa shape index (κ1) is 24.7. The van der Waals surface area contributed by atoms with Gasteiger partial charge in [0.25, 0.3) is 5.91 Å². The van der Waals surface area contributed by atoms with Gasteiger partial charge in [-0.05, 0) is 73.2 Å². The number of nitrogens with one attached hydrogen (secondary N) is 1. The second-order valence-electron chi connectivity index (χ2n) is 8.13. The van der Waals surface area contributed by atoms with Gasteiger partial charge in [0.2, 0.25) is 5.91 Å². The van der Waals surface area contributed by atoms with Crippen molar-refractivity contribution in [2.24, 2.45) is 0 Å². The van der Waals surface area contributed by atoms with Gasteiger partial charge in [-0.2, -0.15) is 0 Å². The molecule has 36 heavy (non-hydrogen) atoms. The van der Waals surface area contributed by atoms with Crippen molar-refractivity contribution < 1.29 is 28.2 Å². The molecule has 0 bridgehead atoms. The molecule has 0 radical (unpaired) electrons. The van der Waals surface area contributed by atoms with Crippen molar-refractivity contribution >= 4 is 29.2 Å². The van der Waals surface area contributed by atoms with Crippen LogP contribution in [-0.4, -0.2) is 42.5 Å². The van der Waals surface area contributed by atoms with Crippen LogP contribution in [0.15, 0.2) is 72.8 Å². The van der Waals surface area contributed by atoms with E-state index in [9.17, 15) is 18.8 Å². The fourth-order valence-electron chi connectivity index (χ4n) is 3.96. The second-order valence-corrected chi connectivity index (χ2v) is 8.13. The van der Waals surface area contributed by atoms with Crippen LogP contribution in [0.1, 0.15) is 18.9 Å². The third kappa shape index (κ3) is 5.46. The Labute approximate surface area is 208 Å². The number of benzene rings is 3. The highest BCUT2D eigenvalue weighted by atomic mass is 19.1. The van der Waals surface area contributed by atoms with E-state index < -0.39 is 29.7 Å². The molecule has 0 aromatic heterocycles. The van der Waals surface area contributed by atoms with Gasteiger partial charge in [0.1, 0.15) is 23.4 Å². The Morgan fingerprint density at radius 3 is 2.19 bits per heavy atom. The number of anilines is 2. The highest BCUT2D eigenvalue weighted by Gasteiger charge is 2.46. The number of carbonyl (C=O) groups excluding carboxylic acids is 3. The average Bonchev–Trinajstić information content (AvgIpc) is 3.10. The molecule has 0 spiro atoms. The Hall–Kier alpha value is -4.40. The van der Waals surface area contributed by atoms with Crippen molar-refractivity contribution in [3.05, 3.63) is 84.2 Å².